The number of aromatic amines is 1. The first kappa shape index (κ1) is 8.56. The van der Waals surface area contributed by atoms with Crippen molar-refractivity contribution in [2.75, 3.05) is 6.54 Å². The van der Waals surface area contributed by atoms with E-state index in [9.17, 15) is 4.79 Å². The van der Waals surface area contributed by atoms with Crippen LogP contribution < -0.4 is 11.4 Å². The average Bonchev–Trinajstić information content (AvgIpc) is 2.33. The van der Waals surface area contributed by atoms with Crippen molar-refractivity contribution >= 4 is 0 Å². The van der Waals surface area contributed by atoms with Gasteiger partial charge in [-0.3, -0.25) is 0 Å². The van der Waals surface area contributed by atoms with Gasteiger partial charge >= 0.3 is 5.63 Å². The van der Waals surface area contributed by atoms with Crippen molar-refractivity contribution in [3.8, 4) is 0 Å². The molecule has 1 fully saturated rings. The Bertz CT molecular complexity index is 336. The van der Waals surface area contributed by atoms with E-state index in [1.807, 2.05) is 0 Å². The summed E-state index contributed by atoms with van der Waals surface area (Å²) in [4.78, 5) is 11.2. The summed E-state index contributed by atoms with van der Waals surface area (Å²) < 4.78 is 4.77. The molecule has 13 heavy (non-hydrogen) atoms. The predicted octanol–water partition coefficient (Wildman–Crippen LogP) is 0.737. The van der Waals surface area contributed by atoms with Gasteiger partial charge in [-0.15, -0.1) is 0 Å². The summed E-state index contributed by atoms with van der Waals surface area (Å²) >= 11 is 0. The van der Waals surface area contributed by atoms with Crippen LogP contribution in [0.15, 0.2) is 9.32 Å². The van der Waals surface area contributed by atoms with Crippen LogP contribution in [0.25, 0.3) is 0 Å². The molecule has 0 aromatic carbocycles. The van der Waals surface area contributed by atoms with Gasteiger partial charge in [0.2, 0.25) is 0 Å². The monoisotopic (exact) mass is 182 g/mol. The number of hydrogen-bond donors (Lipinski definition) is 2. The number of H-pyrrole nitrogens is 1. The second-order valence-electron chi connectivity index (χ2n) is 3.55. The lowest BCUT2D eigenvalue weighted by atomic mass is 9.81. The molecular weight excluding hydrogens is 168 g/mol. The van der Waals surface area contributed by atoms with Gasteiger partial charge in [-0.1, -0.05) is 6.42 Å². The highest BCUT2D eigenvalue weighted by Gasteiger charge is 2.25. The molecule has 4 heteroatoms. The molecule has 1 saturated carbocycles. The Morgan fingerprint density at radius 2 is 2.31 bits per heavy atom. The van der Waals surface area contributed by atoms with Crippen molar-refractivity contribution < 1.29 is 4.52 Å². The van der Waals surface area contributed by atoms with Crippen molar-refractivity contribution in [2.24, 2.45) is 5.73 Å². The number of nitrogens with one attached hydrogen (secondary N) is 1. The van der Waals surface area contributed by atoms with Crippen LogP contribution in [-0.2, 0) is 6.42 Å². The van der Waals surface area contributed by atoms with E-state index in [4.69, 9.17) is 10.3 Å². The van der Waals surface area contributed by atoms with Gasteiger partial charge in [0, 0.05) is 5.92 Å². The van der Waals surface area contributed by atoms with Gasteiger partial charge in [0.05, 0.1) is 11.3 Å². The minimum Gasteiger partial charge on any atom is -0.339 e. The molecule has 0 unspecified atom stereocenters. The predicted molar refractivity (Wildman–Crippen MR) is 48.7 cm³/mol. The van der Waals surface area contributed by atoms with Crippen LogP contribution in [0.4, 0.5) is 0 Å². The topological polar surface area (TPSA) is 72.0 Å². The van der Waals surface area contributed by atoms with Crippen LogP contribution in [0.5, 0.6) is 0 Å². The Hall–Kier alpha value is -1.03. The normalized spacial score (nSPS) is 17.3. The second-order valence-corrected chi connectivity index (χ2v) is 3.55. The largest absolute Gasteiger partial charge is 0.360 e. The minimum atomic E-state index is -0.243. The van der Waals surface area contributed by atoms with Crippen molar-refractivity contribution in [1.82, 2.24) is 5.16 Å². The van der Waals surface area contributed by atoms with Gasteiger partial charge in [-0.2, -0.15) is 0 Å². The zero-order valence-electron chi connectivity index (χ0n) is 7.51. The quantitative estimate of drug-likeness (QED) is 0.724. The molecule has 1 heterocycles. The molecule has 0 bridgehead atoms. The third-order valence-corrected chi connectivity index (χ3v) is 2.73. The van der Waals surface area contributed by atoms with E-state index in [0.717, 1.165) is 24.1 Å². The smallest absolute Gasteiger partial charge is 0.339 e. The lowest BCUT2D eigenvalue weighted by molar-refractivity contribution is 0.350. The lowest BCUT2D eigenvalue weighted by Crippen LogP contribution is -2.16. The molecule has 1 aromatic heterocycles. The Morgan fingerprint density at radius 3 is 2.85 bits per heavy atom. The highest BCUT2D eigenvalue weighted by atomic mass is 16.5. The van der Waals surface area contributed by atoms with Gasteiger partial charge in [-0.05, 0) is 25.8 Å². The maximum absolute atomic E-state index is 11.2. The maximum atomic E-state index is 11.2. The fourth-order valence-electron chi connectivity index (χ4n) is 1.74. The average molecular weight is 182 g/mol. The Balaban J connectivity index is 2.27. The molecular formula is C9H14N2O2. The minimum absolute atomic E-state index is 0.243. The third-order valence-electron chi connectivity index (χ3n) is 2.73. The summed E-state index contributed by atoms with van der Waals surface area (Å²) in [6.45, 7) is 0.502. The molecule has 0 atom stereocenters. The number of hydrogen-bond acceptors (Lipinski definition) is 3. The molecule has 4 nitrogen and oxygen atoms in total. The standard InChI is InChI=1S/C9H14N2O2/c10-5-4-7-8(6-2-1-3-6)11-13-9(7)12/h6,11H,1-5,10H2. The second kappa shape index (κ2) is 3.38. The number of aromatic nitrogens is 1. The first-order chi connectivity index (χ1) is 6.33. The van der Waals surface area contributed by atoms with Gasteiger partial charge in [-0.25, -0.2) is 9.95 Å². The molecule has 0 spiro atoms. The fraction of sp³-hybridized carbons (Fsp3) is 0.667. The van der Waals surface area contributed by atoms with Crippen LogP contribution in [0, 0.1) is 0 Å². The Kier molecular flexibility index (Phi) is 2.22. The summed E-state index contributed by atoms with van der Waals surface area (Å²) in [6.07, 6.45) is 4.19. The van der Waals surface area contributed by atoms with Crippen LogP contribution in [-0.4, -0.2) is 11.7 Å². The lowest BCUT2D eigenvalue weighted by Gasteiger charge is -2.24. The van der Waals surface area contributed by atoms with Gasteiger partial charge in [0.15, 0.2) is 0 Å². The molecule has 3 N–H and O–H groups in total. The van der Waals surface area contributed by atoms with Crippen LogP contribution >= 0.6 is 0 Å². The summed E-state index contributed by atoms with van der Waals surface area (Å²) in [6, 6.07) is 0. The zero-order chi connectivity index (χ0) is 9.26. The molecule has 0 radical (unpaired) electrons. The molecule has 0 saturated heterocycles. The van der Waals surface area contributed by atoms with Crippen LogP contribution in [0.2, 0.25) is 0 Å². The van der Waals surface area contributed by atoms with Crippen molar-refractivity contribution in [3.63, 3.8) is 0 Å². The van der Waals surface area contributed by atoms with E-state index in [1.165, 1.54) is 6.42 Å². The fourth-order valence-corrected chi connectivity index (χ4v) is 1.74. The van der Waals surface area contributed by atoms with E-state index >= 15 is 0 Å². The molecule has 1 aromatic rings. The molecule has 1 aliphatic carbocycles. The van der Waals surface area contributed by atoms with Crippen molar-refractivity contribution in [3.05, 3.63) is 21.7 Å². The molecule has 0 aliphatic heterocycles. The molecule has 0 amide bonds. The van der Waals surface area contributed by atoms with Gasteiger partial charge in [0.1, 0.15) is 0 Å². The summed E-state index contributed by atoms with van der Waals surface area (Å²) in [7, 11) is 0. The SMILES string of the molecule is NCCc1c(C2CCC2)[nH]oc1=O. The van der Waals surface area contributed by atoms with Crippen molar-refractivity contribution in [1.29, 1.82) is 0 Å². The highest BCUT2D eigenvalue weighted by Crippen LogP contribution is 2.36. The first-order valence-corrected chi connectivity index (χ1v) is 4.73. The highest BCUT2D eigenvalue weighted by molar-refractivity contribution is 5.21. The third kappa shape index (κ3) is 1.42. The summed E-state index contributed by atoms with van der Waals surface area (Å²) in [5.41, 5.74) is 6.92. The molecule has 72 valence electrons. The van der Waals surface area contributed by atoms with E-state index in [-0.39, 0.29) is 5.63 Å². The Morgan fingerprint density at radius 1 is 1.54 bits per heavy atom. The van der Waals surface area contributed by atoms with Gasteiger partial charge in [0.25, 0.3) is 0 Å². The first-order valence-electron chi connectivity index (χ1n) is 4.73. The summed E-state index contributed by atoms with van der Waals surface area (Å²) in [5, 5.41) is 2.72. The van der Waals surface area contributed by atoms with E-state index in [0.29, 0.717) is 18.9 Å². The Labute approximate surface area is 76.1 Å². The van der Waals surface area contributed by atoms with E-state index in [2.05, 4.69) is 5.16 Å². The molecule has 1 aliphatic rings. The van der Waals surface area contributed by atoms with Gasteiger partial charge < -0.3 is 10.3 Å². The number of nitrogens with two attached hydrogens (primary N) is 1. The summed E-state index contributed by atoms with van der Waals surface area (Å²) in [5.74, 6) is 0.507. The van der Waals surface area contributed by atoms with Crippen LogP contribution in [0.1, 0.15) is 36.4 Å². The maximum Gasteiger partial charge on any atom is 0.360 e. The van der Waals surface area contributed by atoms with E-state index in [1.54, 1.807) is 0 Å². The van der Waals surface area contributed by atoms with Crippen molar-refractivity contribution in [2.45, 2.75) is 31.6 Å². The van der Waals surface area contributed by atoms with E-state index < -0.39 is 0 Å². The van der Waals surface area contributed by atoms with Crippen LogP contribution in [0.3, 0.4) is 0 Å². The molecule has 2 rings (SSSR count). The number of rotatable bonds is 3. The zero-order valence-corrected chi connectivity index (χ0v) is 7.51.